The third kappa shape index (κ3) is 5.99. The second-order valence-corrected chi connectivity index (χ2v) is 5.90. The van der Waals surface area contributed by atoms with E-state index in [1.807, 2.05) is 27.7 Å². The number of urea groups is 1. The molecule has 0 fully saturated rings. The van der Waals surface area contributed by atoms with E-state index in [0.717, 1.165) is 11.1 Å². The van der Waals surface area contributed by atoms with Crippen molar-refractivity contribution in [2.45, 2.75) is 27.7 Å². The van der Waals surface area contributed by atoms with Gasteiger partial charge >= 0.3 is 6.03 Å². The Kier molecular flexibility index (Phi) is 6.63. The van der Waals surface area contributed by atoms with Gasteiger partial charge < -0.3 is 16.0 Å². The maximum absolute atomic E-state index is 12.0. The number of nitrogens with one attached hydrogen (secondary N) is 3. The molecular formula is C17H25N3O2. The van der Waals surface area contributed by atoms with Crippen LogP contribution in [-0.2, 0) is 0 Å². The lowest BCUT2D eigenvalue weighted by Crippen LogP contribution is -2.30. The normalized spacial score (nSPS) is 10.2. The van der Waals surface area contributed by atoms with Crippen LogP contribution in [0.25, 0.3) is 0 Å². The molecule has 0 aliphatic heterocycles. The Morgan fingerprint density at radius 3 is 2.45 bits per heavy atom. The molecule has 0 heterocycles. The van der Waals surface area contributed by atoms with E-state index >= 15 is 0 Å². The van der Waals surface area contributed by atoms with E-state index in [4.69, 9.17) is 0 Å². The van der Waals surface area contributed by atoms with Crippen molar-refractivity contribution in [3.63, 3.8) is 0 Å². The number of amides is 3. The van der Waals surface area contributed by atoms with Crippen LogP contribution in [0.1, 0.15) is 36.7 Å². The number of carbonyl (C=O) groups is 2. The zero-order valence-electron chi connectivity index (χ0n) is 13.7. The van der Waals surface area contributed by atoms with Crippen LogP contribution in [0, 0.1) is 12.8 Å². The number of anilines is 1. The fourth-order valence-corrected chi connectivity index (χ4v) is 1.74. The fraction of sp³-hybridized carbons (Fsp3) is 0.412. The molecule has 3 N–H and O–H groups in total. The summed E-state index contributed by atoms with van der Waals surface area (Å²) in [6.07, 6.45) is 0. The van der Waals surface area contributed by atoms with Gasteiger partial charge in [0.15, 0.2) is 0 Å². The van der Waals surface area contributed by atoms with Crippen molar-refractivity contribution in [3.05, 3.63) is 41.5 Å². The first-order chi connectivity index (χ1) is 10.3. The Morgan fingerprint density at radius 1 is 1.23 bits per heavy atom. The predicted molar refractivity (Wildman–Crippen MR) is 90.2 cm³/mol. The third-order valence-corrected chi connectivity index (χ3v) is 2.96. The van der Waals surface area contributed by atoms with E-state index in [2.05, 4.69) is 22.5 Å². The van der Waals surface area contributed by atoms with Gasteiger partial charge in [0.25, 0.3) is 5.91 Å². The van der Waals surface area contributed by atoms with Gasteiger partial charge in [0.05, 0.1) is 0 Å². The zero-order valence-corrected chi connectivity index (χ0v) is 13.7. The van der Waals surface area contributed by atoms with Gasteiger partial charge in [-0.1, -0.05) is 26.0 Å². The van der Waals surface area contributed by atoms with Crippen LogP contribution in [0.2, 0.25) is 0 Å². The van der Waals surface area contributed by atoms with E-state index in [-0.39, 0.29) is 11.9 Å². The minimum Gasteiger partial charge on any atom is -0.352 e. The van der Waals surface area contributed by atoms with Gasteiger partial charge in [-0.3, -0.25) is 4.79 Å². The van der Waals surface area contributed by atoms with Crippen LogP contribution < -0.4 is 16.0 Å². The Balaban J connectivity index is 2.67. The first kappa shape index (κ1) is 17.8. The van der Waals surface area contributed by atoms with Crippen molar-refractivity contribution in [2.75, 3.05) is 18.4 Å². The van der Waals surface area contributed by atoms with E-state index < -0.39 is 0 Å². The van der Waals surface area contributed by atoms with Crippen LogP contribution in [-0.4, -0.2) is 25.0 Å². The molecule has 0 unspecified atom stereocenters. The van der Waals surface area contributed by atoms with Crippen molar-refractivity contribution in [1.29, 1.82) is 0 Å². The van der Waals surface area contributed by atoms with Crippen LogP contribution in [0.3, 0.4) is 0 Å². The van der Waals surface area contributed by atoms with Crippen LogP contribution >= 0.6 is 0 Å². The summed E-state index contributed by atoms with van der Waals surface area (Å²) >= 11 is 0. The minimum absolute atomic E-state index is 0.102. The summed E-state index contributed by atoms with van der Waals surface area (Å²) in [4.78, 5) is 23.7. The summed E-state index contributed by atoms with van der Waals surface area (Å²) in [5.41, 5.74) is 2.98. The second kappa shape index (κ2) is 8.22. The van der Waals surface area contributed by atoms with Gasteiger partial charge in [-0.25, -0.2) is 4.79 Å². The first-order valence-corrected chi connectivity index (χ1v) is 7.37. The van der Waals surface area contributed by atoms with Gasteiger partial charge in [-0.15, -0.1) is 0 Å². The number of hydrogen-bond donors (Lipinski definition) is 3. The molecule has 5 heteroatoms. The molecule has 0 aromatic heterocycles. The highest BCUT2D eigenvalue weighted by atomic mass is 16.2. The largest absolute Gasteiger partial charge is 0.352 e. The molecule has 1 rings (SSSR count). The van der Waals surface area contributed by atoms with E-state index in [1.165, 1.54) is 0 Å². The molecule has 0 atom stereocenters. The third-order valence-electron chi connectivity index (χ3n) is 2.96. The van der Waals surface area contributed by atoms with Crippen molar-refractivity contribution in [2.24, 2.45) is 5.92 Å². The van der Waals surface area contributed by atoms with E-state index in [1.54, 1.807) is 18.2 Å². The van der Waals surface area contributed by atoms with Crippen molar-refractivity contribution < 1.29 is 9.59 Å². The lowest BCUT2D eigenvalue weighted by atomic mass is 10.1. The first-order valence-electron chi connectivity index (χ1n) is 7.37. The summed E-state index contributed by atoms with van der Waals surface area (Å²) in [5.74, 6) is 0.304. The average molecular weight is 303 g/mol. The summed E-state index contributed by atoms with van der Waals surface area (Å²) in [5, 5.41) is 8.33. The summed E-state index contributed by atoms with van der Waals surface area (Å²) < 4.78 is 0. The molecule has 0 aliphatic carbocycles. The Morgan fingerprint density at radius 2 is 1.91 bits per heavy atom. The Bertz CT molecular complexity index is 565. The Labute approximate surface area is 132 Å². The van der Waals surface area contributed by atoms with Gasteiger partial charge in [-0.05, 0) is 43.5 Å². The van der Waals surface area contributed by atoms with E-state index in [9.17, 15) is 9.59 Å². The average Bonchev–Trinajstić information content (AvgIpc) is 2.44. The van der Waals surface area contributed by atoms with E-state index in [0.29, 0.717) is 30.3 Å². The number of aryl methyl sites for hydroxylation is 1. The smallest absolute Gasteiger partial charge is 0.319 e. The van der Waals surface area contributed by atoms with Crippen molar-refractivity contribution in [1.82, 2.24) is 10.6 Å². The molecule has 0 bridgehead atoms. The molecule has 3 amide bonds. The quantitative estimate of drug-likeness (QED) is 0.707. The standard InChI is InChI=1S/C17H25N3O2/c1-11(2)9-18-16(21)14-6-7-15(13(5)8-14)20-17(22)19-10-12(3)4/h6-8,11H,3,9-10H2,1-2,4-5H3,(H,18,21)(H2,19,20,22). The lowest BCUT2D eigenvalue weighted by Gasteiger charge is -2.12. The minimum atomic E-state index is -0.289. The van der Waals surface area contributed by atoms with Crippen molar-refractivity contribution >= 4 is 17.6 Å². The summed E-state index contributed by atoms with van der Waals surface area (Å²) in [6.45, 7) is 12.6. The molecule has 1 aromatic carbocycles. The number of carbonyl (C=O) groups excluding carboxylic acids is 2. The predicted octanol–water partition coefficient (Wildman–Crippen LogP) is 3.08. The highest BCUT2D eigenvalue weighted by Gasteiger charge is 2.09. The lowest BCUT2D eigenvalue weighted by molar-refractivity contribution is 0.0949. The monoisotopic (exact) mass is 303 g/mol. The molecule has 0 saturated heterocycles. The summed E-state index contributed by atoms with van der Waals surface area (Å²) in [7, 11) is 0. The van der Waals surface area contributed by atoms with Gasteiger partial charge in [0, 0.05) is 24.3 Å². The molecule has 0 radical (unpaired) electrons. The molecular weight excluding hydrogens is 278 g/mol. The topological polar surface area (TPSA) is 70.2 Å². The van der Waals surface area contributed by atoms with Crippen LogP contribution in [0.4, 0.5) is 10.5 Å². The molecule has 120 valence electrons. The fourth-order valence-electron chi connectivity index (χ4n) is 1.74. The number of rotatable bonds is 6. The summed E-state index contributed by atoms with van der Waals surface area (Å²) in [6, 6.07) is 4.92. The van der Waals surface area contributed by atoms with Crippen molar-refractivity contribution in [3.8, 4) is 0 Å². The maximum Gasteiger partial charge on any atom is 0.319 e. The molecule has 0 spiro atoms. The maximum atomic E-state index is 12.0. The van der Waals surface area contributed by atoms with Crippen LogP contribution in [0.5, 0.6) is 0 Å². The molecule has 0 aliphatic rings. The number of hydrogen-bond acceptors (Lipinski definition) is 2. The Hall–Kier alpha value is -2.30. The molecule has 1 aromatic rings. The highest BCUT2D eigenvalue weighted by molar-refractivity contribution is 5.96. The molecule has 0 saturated carbocycles. The van der Waals surface area contributed by atoms with Crippen LogP contribution in [0.15, 0.2) is 30.4 Å². The van der Waals surface area contributed by atoms with Gasteiger partial charge in [0.2, 0.25) is 0 Å². The van der Waals surface area contributed by atoms with Gasteiger partial charge in [0.1, 0.15) is 0 Å². The number of benzene rings is 1. The molecule has 5 nitrogen and oxygen atoms in total. The SMILES string of the molecule is C=C(C)CNC(=O)Nc1ccc(C(=O)NCC(C)C)cc1C. The van der Waals surface area contributed by atoms with Gasteiger partial charge in [-0.2, -0.15) is 0 Å². The zero-order chi connectivity index (χ0) is 16.7. The highest BCUT2D eigenvalue weighted by Crippen LogP contribution is 2.16. The second-order valence-electron chi connectivity index (χ2n) is 5.90. The molecule has 22 heavy (non-hydrogen) atoms.